The molecule has 2 aromatic rings. The Kier molecular flexibility index (Phi) is 6.72. The topological polar surface area (TPSA) is 68.3 Å². The summed E-state index contributed by atoms with van der Waals surface area (Å²) in [5.74, 6) is -2.86. The molecule has 0 fully saturated rings. The molecular weight excluding hydrogens is 374 g/mol. The molecule has 0 bridgehead atoms. The number of nitrogens with one attached hydrogen (secondary N) is 1. The minimum Gasteiger partial charge on any atom is -0.452 e. The highest BCUT2D eigenvalue weighted by atomic mass is 35.5. The number of nitrogens with zero attached hydrogens (tertiary/aromatic N) is 1. The SMILES string of the molecule is C[C@H](OC(=O)CSc1cc(F)ccc1F)C(=O)Nc1cccnc1Cl. The van der Waals surface area contributed by atoms with Crippen molar-refractivity contribution < 1.29 is 23.1 Å². The number of pyridine rings is 1. The van der Waals surface area contributed by atoms with Gasteiger partial charge in [0, 0.05) is 11.1 Å². The predicted octanol–water partition coefficient (Wildman–Crippen LogP) is 3.68. The number of amides is 1. The van der Waals surface area contributed by atoms with Gasteiger partial charge in [0.05, 0.1) is 11.4 Å². The molecule has 1 atom stereocenters. The molecule has 1 aromatic carbocycles. The number of aromatic nitrogens is 1. The van der Waals surface area contributed by atoms with E-state index in [0.29, 0.717) is 0 Å². The van der Waals surface area contributed by atoms with Crippen LogP contribution in [0.25, 0.3) is 0 Å². The van der Waals surface area contributed by atoms with E-state index in [-0.39, 0.29) is 21.5 Å². The third kappa shape index (κ3) is 5.68. The van der Waals surface area contributed by atoms with Gasteiger partial charge >= 0.3 is 5.97 Å². The van der Waals surface area contributed by atoms with Crippen molar-refractivity contribution in [2.75, 3.05) is 11.1 Å². The summed E-state index contributed by atoms with van der Waals surface area (Å²) in [5, 5.41) is 2.58. The van der Waals surface area contributed by atoms with Gasteiger partial charge in [-0.2, -0.15) is 0 Å². The zero-order chi connectivity index (χ0) is 18.4. The molecule has 0 spiro atoms. The number of hydrogen-bond acceptors (Lipinski definition) is 5. The monoisotopic (exact) mass is 386 g/mol. The highest BCUT2D eigenvalue weighted by Gasteiger charge is 2.19. The summed E-state index contributed by atoms with van der Waals surface area (Å²) in [6.45, 7) is 1.38. The van der Waals surface area contributed by atoms with Crippen LogP contribution in [0.5, 0.6) is 0 Å². The van der Waals surface area contributed by atoms with E-state index in [1.54, 1.807) is 12.1 Å². The minimum absolute atomic E-state index is 0.0174. The summed E-state index contributed by atoms with van der Waals surface area (Å²) in [5.41, 5.74) is 0.285. The highest BCUT2D eigenvalue weighted by Crippen LogP contribution is 2.23. The van der Waals surface area contributed by atoms with E-state index in [4.69, 9.17) is 16.3 Å². The first-order valence-electron chi connectivity index (χ1n) is 7.05. The second kappa shape index (κ2) is 8.77. The first-order chi connectivity index (χ1) is 11.9. The van der Waals surface area contributed by atoms with Crippen molar-refractivity contribution in [3.8, 4) is 0 Å². The summed E-state index contributed by atoms with van der Waals surface area (Å²) in [7, 11) is 0. The molecule has 0 aliphatic carbocycles. The molecule has 9 heteroatoms. The summed E-state index contributed by atoms with van der Waals surface area (Å²) in [6, 6.07) is 6.06. The molecule has 1 amide bonds. The van der Waals surface area contributed by atoms with Gasteiger partial charge in [-0.25, -0.2) is 13.8 Å². The fraction of sp³-hybridized carbons (Fsp3) is 0.188. The maximum Gasteiger partial charge on any atom is 0.317 e. The Bertz CT molecular complexity index is 792. The number of benzene rings is 1. The number of ether oxygens (including phenoxy) is 1. The van der Waals surface area contributed by atoms with E-state index in [1.165, 1.54) is 13.1 Å². The number of carbonyl (C=O) groups excluding carboxylic acids is 2. The van der Waals surface area contributed by atoms with Crippen molar-refractivity contribution in [2.45, 2.75) is 17.9 Å². The van der Waals surface area contributed by atoms with Crippen LogP contribution in [0.1, 0.15) is 6.92 Å². The van der Waals surface area contributed by atoms with Crippen molar-refractivity contribution in [3.63, 3.8) is 0 Å². The number of anilines is 1. The molecule has 1 aromatic heterocycles. The van der Waals surface area contributed by atoms with E-state index in [9.17, 15) is 18.4 Å². The van der Waals surface area contributed by atoms with Gasteiger partial charge in [-0.15, -0.1) is 11.8 Å². The third-order valence-corrected chi connectivity index (χ3v) is 4.24. The lowest BCUT2D eigenvalue weighted by Crippen LogP contribution is -2.30. The van der Waals surface area contributed by atoms with Crippen LogP contribution >= 0.6 is 23.4 Å². The first kappa shape index (κ1) is 19.1. The van der Waals surface area contributed by atoms with Gasteiger partial charge in [-0.1, -0.05) is 11.6 Å². The lowest BCUT2D eigenvalue weighted by Gasteiger charge is -2.14. The molecule has 5 nitrogen and oxygen atoms in total. The lowest BCUT2D eigenvalue weighted by molar-refractivity contribution is -0.150. The molecular formula is C16H13ClF2N2O3S. The zero-order valence-corrected chi connectivity index (χ0v) is 14.5. The number of rotatable bonds is 6. The number of halogens is 3. The highest BCUT2D eigenvalue weighted by molar-refractivity contribution is 8.00. The Morgan fingerprint density at radius 2 is 2.12 bits per heavy atom. The van der Waals surface area contributed by atoms with Crippen molar-refractivity contribution in [3.05, 3.63) is 53.3 Å². The quantitative estimate of drug-likeness (QED) is 0.466. The number of esters is 1. The van der Waals surface area contributed by atoms with Crippen LogP contribution in [0.2, 0.25) is 5.15 Å². The van der Waals surface area contributed by atoms with Gasteiger partial charge in [0.1, 0.15) is 11.6 Å². The van der Waals surface area contributed by atoms with Gasteiger partial charge < -0.3 is 10.1 Å². The van der Waals surface area contributed by atoms with E-state index < -0.39 is 29.6 Å². The number of thioether (sulfide) groups is 1. The summed E-state index contributed by atoms with van der Waals surface area (Å²) in [6.07, 6.45) is 0.367. The molecule has 0 aliphatic rings. The van der Waals surface area contributed by atoms with Crippen LogP contribution in [0.4, 0.5) is 14.5 Å². The Morgan fingerprint density at radius 3 is 2.84 bits per heavy atom. The fourth-order valence-corrected chi connectivity index (χ4v) is 2.63. The van der Waals surface area contributed by atoms with Crippen LogP contribution in [0.3, 0.4) is 0 Å². The van der Waals surface area contributed by atoms with Crippen molar-refractivity contribution in [2.24, 2.45) is 0 Å². The molecule has 0 unspecified atom stereocenters. The second-order valence-corrected chi connectivity index (χ2v) is 6.20. The van der Waals surface area contributed by atoms with Gasteiger partial charge in [-0.3, -0.25) is 9.59 Å². The molecule has 1 heterocycles. The number of hydrogen-bond donors (Lipinski definition) is 1. The first-order valence-corrected chi connectivity index (χ1v) is 8.42. The Labute approximate surface area is 151 Å². The molecule has 25 heavy (non-hydrogen) atoms. The number of carbonyl (C=O) groups is 2. The Balaban J connectivity index is 1.86. The van der Waals surface area contributed by atoms with Crippen LogP contribution in [0.15, 0.2) is 41.4 Å². The largest absolute Gasteiger partial charge is 0.452 e. The van der Waals surface area contributed by atoms with Crippen molar-refractivity contribution in [1.29, 1.82) is 0 Å². The molecule has 2 rings (SSSR count). The Morgan fingerprint density at radius 1 is 1.36 bits per heavy atom. The zero-order valence-electron chi connectivity index (χ0n) is 13.0. The molecule has 0 saturated carbocycles. The van der Waals surface area contributed by atoms with Gasteiger partial charge in [-0.05, 0) is 37.3 Å². The van der Waals surface area contributed by atoms with Crippen LogP contribution < -0.4 is 5.32 Å². The van der Waals surface area contributed by atoms with Crippen LogP contribution in [-0.4, -0.2) is 28.7 Å². The van der Waals surface area contributed by atoms with Gasteiger partial charge in [0.2, 0.25) is 0 Å². The van der Waals surface area contributed by atoms with Crippen LogP contribution in [0, 0.1) is 11.6 Å². The van der Waals surface area contributed by atoms with E-state index in [0.717, 1.165) is 30.0 Å². The standard InChI is InChI=1S/C16H13ClF2N2O3S/c1-9(16(23)21-12-3-2-6-20-15(12)17)24-14(22)8-25-13-7-10(18)4-5-11(13)19/h2-7,9H,8H2,1H3,(H,21,23)/t9-/m0/s1. The smallest absolute Gasteiger partial charge is 0.317 e. The summed E-state index contributed by atoms with van der Waals surface area (Å²) >= 11 is 6.60. The average Bonchev–Trinajstić information content (AvgIpc) is 2.57. The average molecular weight is 387 g/mol. The van der Waals surface area contributed by atoms with E-state index >= 15 is 0 Å². The summed E-state index contributed by atoms with van der Waals surface area (Å²) in [4.78, 5) is 27.5. The van der Waals surface area contributed by atoms with E-state index in [2.05, 4.69) is 10.3 Å². The molecule has 0 aliphatic heterocycles. The molecule has 132 valence electrons. The van der Waals surface area contributed by atoms with Crippen molar-refractivity contribution in [1.82, 2.24) is 4.98 Å². The molecule has 0 saturated heterocycles. The Hall–Kier alpha value is -2.19. The van der Waals surface area contributed by atoms with Gasteiger partial charge in [0.15, 0.2) is 11.3 Å². The minimum atomic E-state index is -1.10. The van der Waals surface area contributed by atoms with E-state index in [1.807, 2.05) is 0 Å². The second-order valence-electron chi connectivity index (χ2n) is 4.83. The predicted molar refractivity (Wildman–Crippen MR) is 90.5 cm³/mol. The lowest BCUT2D eigenvalue weighted by atomic mass is 10.3. The van der Waals surface area contributed by atoms with Crippen LogP contribution in [-0.2, 0) is 14.3 Å². The maximum atomic E-state index is 13.5. The van der Waals surface area contributed by atoms with Gasteiger partial charge in [0.25, 0.3) is 5.91 Å². The summed E-state index contributed by atoms with van der Waals surface area (Å²) < 4.78 is 31.5. The third-order valence-electron chi connectivity index (χ3n) is 2.93. The van der Waals surface area contributed by atoms with Crippen molar-refractivity contribution >= 4 is 40.9 Å². The molecule has 1 N–H and O–H groups in total. The maximum absolute atomic E-state index is 13.5. The normalized spacial score (nSPS) is 11.7. The fourth-order valence-electron chi connectivity index (χ4n) is 1.72. The molecule has 0 radical (unpaired) electrons.